The predicted molar refractivity (Wildman–Crippen MR) is 59.3 cm³/mol. The molecule has 0 aliphatic carbocycles. The van der Waals surface area contributed by atoms with Crippen LogP contribution in [-0.2, 0) is 4.79 Å². The number of aromatic nitrogens is 2. The molecule has 0 spiro atoms. The van der Waals surface area contributed by atoms with Gasteiger partial charge >= 0.3 is 0 Å². The number of H-pyrrole nitrogens is 1. The third-order valence-electron chi connectivity index (χ3n) is 2.12. The highest BCUT2D eigenvalue weighted by Crippen LogP contribution is 2.19. The van der Waals surface area contributed by atoms with E-state index in [4.69, 9.17) is 11.5 Å². The molecule has 15 heavy (non-hydrogen) atoms. The Kier molecular flexibility index (Phi) is 3.96. The second-order valence-corrected chi connectivity index (χ2v) is 3.41. The van der Waals surface area contributed by atoms with Crippen molar-refractivity contribution in [1.29, 1.82) is 0 Å². The third-order valence-corrected chi connectivity index (χ3v) is 2.12. The Morgan fingerprint density at radius 3 is 2.87 bits per heavy atom. The molecule has 0 fully saturated rings. The Morgan fingerprint density at radius 1 is 1.67 bits per heavy atom. The molecule has 0 unspecified atom stereocenters. The van der Waals surface area contributed by atoms with Gasteiger partial charge in [0.1, 0.15) is 5.82 Å². The smallest absolute Gasteiger partial charge is 0.236 e. The Balaban J connectivity index is 2.71. The molecule has 6 heteroatoms. The Bertz CT molecular complexity index is 322. The minimum atomic E-state index is -0.369. The fourth-order valence-electron chi connectivity index (χ4n) is 1.36. The van der Waals surface area contributed by atoms with Gasteiger partial charge in [-0.2, -0.15) is 5.10 Å². The molecule has 0 aliphatic heterocycles. The van der Waals surface area contributed by atoms with Crippen molar-refractivity contribution in [3.05, 3.63) is 6.20 Å². The van der Waals surface area contributed by atoms with Crippen LogP contribution in [0.1, 0.15) is 19.8 Å². The lowest BCUT2D eigenvalue weighted by atomic mass is 10.3. The number of hydrogen-bond acceptors (Lipinski definition) is 4. The Hall–Kier alpha value is -1.72. The van der Waals surface area contributed by atoms with E-state index in [-0.39, 0.29) is 12.5 Å². The van der Waals surface area contributed by atoms with Crippen LogP contribution in [-0.4, -0.2) is 29.2 Å². The zero-order valence-electron chi connectivity index (χ0n) is 8.86. The maximum Gasteiger partial charge on any atom is 0.236 e. The van der Waals surface area contributed by atoms with Crippen molar-refractivity contribution in [3.63, 3.8) is 0 Å². The number of nitrogen functional groups attached to an aromatic ring is 1. The first kappa shape index (κ1) is 11.4. The largest absolute Gasteiger partial charge is 0.382 e. The van der Waals surface area contributed by atoms with Crippen LogP contribution in [0.4, 0.5) is 11.5 Å². The highest BCUT2D eigenvalue weighted by Gasteiger charge is 2.13. The maximum absolute atomic E-state index is 10.9. The van der Waals surface area contributed by atoms with E-state index in [1.165, 1.54) is 0 Å². The third kappa shape index (κ3) is 3.16. The lowest BCUT2D eigenvalue weighted by molar-refractivity contribution is -0.116. The van der Waals surface area contributed by atoms with Crippen LogP contribution in [0.15, 0.2) is 6.20 Å². The monoisotopic (exact) mass is 211 g/mol. The number of carbonyl (C=O) groups is 1. The van der Waals surface area contributed by atoms with E-state index in [1.54, 1.807) is 6.20 Å². The molecule has 0 aliphatic rings. The average molecular weight is 211 g/mol. The van der Waals surface area contributed by atoms with Gasteiger partial charge in [-0.15, -0.1) is 0 Å². The molecule has 84 valence electrons. The van der Waals surface area contributed by atoms with Gasteiger partial charge in [-0.25, -0.2) is 0 Å². The molecule has 0 atom stereocenters. The minimum Gasteiger partial charge on any atom is -0.382 e. The van der Waals surface area contributed by atoms with Crippen LogP contribution in [0.2, 0.25) is 0 Å². The first-order valence-electron chi connectivity index (χ1n) is 4.97. The molecule has 0 radical (unpaired) electrons. The molecule has 1 rings (SSSR count). The average Bonchev–Trinajstić information content (AvgIpc) is 2.58. The van der Waals surface area contributed by atoms with Crippen molar-refractivity contribution >= 4 is 17.4 Å². The van der Waals surface area contributed by atoms with Gasteiger partial charge in [0.05, 0.1) is 18.4 Å². The zero-order chi connectivity index (χ0) is 11.3. The molecule has 0 saturated heterocycles. The lowest BCUT2D eigenvalue weighted by Gasteiger charge is -2.21. The van der Waals surface area contributed by atoms with Crippen molar-refractivity contribution < 1.29 is 4.79 Å². The standard InChI is InChI=1S/C9H17N5O/c1-2-3-4-14(6-8(10)15)7-5-12-13-9(7)11/h5H,2-4,6H2,1H3,(H2,10,15)(H3,11,12,13). The molecule has 0 aromatic carbocycles. The van der Waals surface area contributed by atoms with E-state index in [0.717, 1.165) is 25.1 Å². The van der Waals surface area contributed by atoms with E-state index in [0.29, 0.717) is 5.82 Å². The summed E-state index contributed by atoms with van der Waals surface area (Å²) in [5.41, 5.74) is 11.6. The molecule has 1 aromatic heterocycles. The van der Waals surface area contributed by atoms with Crippen LogP contribution in [0.3, 0.4) is 0 Å². The van der Waals surface area contributed by atoms with Gasteiger partial charge in [-0.3, -0.25) is 9.89 Å². The lowest BCUT2D eigenvalue weighted by Crippen LogP contribution is -2.34. The number of nitrogens with one attached hydrogen (secondary N) is 1. The van der Waals surface area contributed by atoms with Crippen molar-refractivity contribution in [3.8, 4) is 0 Å². The van der Waals surface area contributed by atoms with E-state index in [1.807, 2.05) is 4.90 Å². The molecule has 5 N–H and O–H groups in total. The molecule has 0 saturated carbocycles. The number of rotatable bonds is 6. The predicted octanol–water partition coefficient (Wildman–Crippen LogP) is 0.0837. The van der Waals surface area contributed by atoms with E-state index >= 15 is 0 Å². The van der Waals surface area contributed by atoms with Gasteiger partial charge in [0.15, 0.2) is 0 Å². The topological polar surface area (TPSA) is 101 Å². The summed E-state index contributed by atoms with van der Waals surface area (Å²) in [6.07, 6.45) is 3.64. The summed E-state index contributed by atoms with van der Waals surface area (Å²) in [4.78, 5) is 12.7. The molecule has 0 bridgehead atoms. The van der Waals surface area contributed by atoms with E-state index in [9.17, 15) is 4.79 Å². The normalized spacial score (nSPS) is 10.2. The maximum atomic E-state index is 10.9. The molecular formula is C9H17N5O. The van der Waals surface area contributed by atoms with Gasteiger partial charge in [-0.1, -0.05) is 13.3 Å². The first-order valence-corrected chi connectivity index (χ1v) is 4.97. The number of unbranched alkanes of at least 4 members (excludes halogenated alkanes) is 1. The number of carbonyl (C=O) groups excluding carboxylic acids is 1. The van der Waals surface area contributed by atoms with E-state index < -0.39 is 0 Å². The van der Waals surface area contributed by atoms with Crippen LogP contribution >= 0.6 is 0 Å². The summed E-state index contributed by atoms with van der Waals surface area (Å²) < 4.78 is 0. The highest BCUT2D eigenvalue weighted by molar-refractivity contribution is 5.80. The van der Waals surface area contributed by atoms with Gasteiger partial charge in [-0.05, 0) is 6.42 Å². The van der Waals surface area contributed by atoms with Crippen LogP contribution in [0.25, 0.3) is 0 Å². The fraction of sp³-hybridized carbons (Fsp3) is 0.556. The highest BCUT2D eigenvalue weighted by atomic mass is 16.1. The summed E-state index contributed by atoms with van der Waals surface area (Å²) in [6.45, 7) is 3.01. The van der Waals surface area contributed by atoms with Gasteiger partial charge < -0.3 is 16.4 Å². The van der Waals surface area contributed by atoms with E-state index in [2.05, 4.69) is 17.1 Å². The number of hydrogen-bond donors (Lipinski definition) is 3. The minimum absolute atomic E-state index is 0.170. The van der Waals surface area contributed by atoms with Gasteiger partial charge in [0, 0.05) is 6.54 Å². The van der Waals surface area contributed by atoms with Crippen LogP contribution in [0, 0.1) is 0 Å². The Labute approximate surface area is 88.6 Å². The number of primary amides is 1. The molecule has 6 nitrogen and oxygen atoms in total. The summed E-state index contributed by atoms with van der Waals surface area (Å²) in [6, 6.07) is 0. The number of aromatic amines is 1. The number of amides is 1. The molecule has 1 amide bonds. The van der Waals surface area contributed by atoms with Crippen molar-refractivity contribution in [1.82, 2.24) is 10.2 Å². The second-order valence-electron chi connectivity index (χ2n) is 3.41. The summed E-state index contributed by atoms with van der Waals surface area (Å²) in [5.74, 6) is 0.0963. The Morgan fingerprint density at radius 2 is 2.40 bits per heavy atom. The number of nitrogens with zero attached hydrogens (tertiary/aromatic N) is 2. The first-order chi connectivity index (χ1) is 7.15. The fourth-order valence-corrected chi connectivity index (χ4v) is 1.36. The summed E-state index contributed by atoms with van der Waals surface area (Å²) in [7, 11) is 0. The van der Waals surface area contributed by atoms with Gasteiger partial charge in [0.25, 0.3) is 0 Å². The summed E-state index contributed by atoms with van der Waals surface area (Å²) in [5, 5.41) is 6.45. The number of nitrogens with two attached hydrogens (primary N) is 2. The van der Waals surface area contributed by atoms with Crippen LogP contribution in [0.5, 0.6) is 0 Å². The molecule has 1 heterocycles. The molecule has 1 aromatic rings. The number of anilines is 2. The van der Waals surface area contributed by atoms with Crippen molar-refractivity contribution in [2.24, 2.45) is 5.73 Å². The summed E-state index contributed by atoms with van der Waals surface area (Å²) >= 11 is 0. The van der Waals surface area contributed by atoms with Gasteiger partial charge in [0.2, 0.25) is 5.91 Å². The SMILES string of the molecule is CCCCN(CC(N)=O)c1cn[nH]c1N. The van der Waals surface area contributed by atoms with Crippen molar-refractivity contribution in [2.75, 3.05) is 23.7 Å². The second kappa shape index (κ2) is 5.23. The quantitative estimate of drug-likeness (QED) is 0.620. The molecular weight excluding hydrogens is 194 g/mol. The zero-order valence-corrected chi connectivity index (χ0v) is 8.86. The van der Waals surface area contributed by atoms with Crippen molar-refractivity contribution in [2.45, 2.75) is 19.8 Å². The van der Waals surface area contributed by atoms with Crippen LogP contribution < -0.4 is 16.4 Å².